The van der Waals surface area contributed by atoms with E-state index in [9.17, 15) is 13.6 Å². The minimum atomic E-state index is -2.15. The molecule has 0 aliphatic carbocycles. The number of piperidine rings is 1. The van der Waals surface area contributed by atoms with Gasteiger partial charge < -0.3 is 19.1 Å². The van der Waals surface area contributed by atoms with Crippen molar-refractivity contribution in [3.05, 3.63) is 35.5 Å². The molecule has 2 atom stereocenters. The molecular weight excluding hydrogens is 490 g/mol. The minimum Gasteiger partial charge on any atom is -0.378 e. The Balaban J connectivity index is 1.51. The quantitative estimate of drug-likeness (QED) is 0.526. The standard InChI is InChI=1S/C27H39N5O4S/c1-2-22-25(27(33)31-16-18-36-19-17-31)28-32(26(22)23-9-3-4-10-24(23)37(34)35)21-8-7-13-30(20-21)15-14-29-11-5-6-12-29/h3-4,9-10,21H,2,5-8,11-20H2,1H3,(H,34,35)/t21-/m0/s1. The summed E-state index contributed by atoms with van der Waals surface area (Å²) in [4.78, 5) is 20.9. The van der Waals surface area contributed by atoms with Gasteiger partial charge in [-0.15, -0.1) is 0 Å². The van der Waals surface area contributed by atoms with E-state index in [1.807, 2.05) is 28.6 Å². The monoisotopic (exact) mass is 529 g/mol. The topological polar surface area (TPSA) is 91.1 Å². The summed E-state index contributed by atoms with van der Waals surface area (Å²) in [5, 5.41) is 5.00. The van der Waals surface area contributed by atoms with Crippen LogP contribution in [0.5, 0.6) is 0 Å². The minimum absolute atomic E-state index is 0.0792. The maximum atomic E-state index is 13.7. The molecule has 5 rings (SSSR count). The van der Waals surface area contributed by atoms with Crippen LogP contribution < -0.4 is 0 Å². The number of hydrogen-bond acceptors (Lipinski definition) is 6. The molecule has 3 saturated heterocycles. The largest absolute Gasteiger partial charge is 0.378 e. The summed E-state index contributed by atoms with van der Waals surface area (Å²) in [6.45, 7) is 10.6. The number of nitrogens with zero attached hydrogens (tertiary/aromatic N) is 5. The summed E-state index contributed by atoms with van der Waals surface area (Å²) >= 11 is -2.15. The molecule has 10 heteroatoms. The Morgan fingerprint density at radius 2 is 1.76 bits per heavy atom. The number of amides is 1. The van der Waals surface area contributed by atoms with Gasteiger partial charge in [0.2, 0.25) is 0 Å². The van der Waals surface area contributed by atoms with Crippen LogP contribution in [0.25, 0.3) is 11.3 Å². The lowest BCUT2D eigenvalue weighted by Gasteiger charge is -2.34. The molecule has 1 aromatic carbocycles. The lowest BCUT2D eigenvalue weighted by Crippen LogP contribution is -2.42. The average molecular weight is 530 g/mol. The third-order valence-corrected chi connectivity index (χ3v) is 8.68. The maximum Gasteiger partial charge on any atom is 0.274 e. The van der Waals surface area contributed by atoms with E-state index in [1.165, 1.54) is 25.9 Å². The second kappa shape index (κ2) is 12.2. The second-order valence-corrected chi connectivity index (χ2v) is 11.2. The fraction of sp³-hybridized carbons (Fsp3) is 0.630. The van der Waals surface area contributed by atoms with Gasteiger partial charge in [-0.2, -0.15) is 5.10 Å². The van der Waals surface area contributed by atoms with Gasteiger partial charge in [-0.25, -0.2) is 4.21 Å². The highest BCUT2D eigenvalue weighted by Gasteiger charge is 2.32. The molecule has 9 nitrogen and oxygen atoms in total. The van der Waals surface area contributed by atoms with Crippen LogP contribution in [0, 0.1) is 0 Å². The van der Waals surface area contributed by atoms with Crippen molar-refractivity contribution in [1.29, 1.82) is 0 Å². The Bertz CT molecular complexity index is 1110. The summed E-state index contributed by atoms with van der Waals surface area (Å²) < 4.78 is 29.9. The molecule has 0 bridgehead atoms. The molecule has 3 aliphatic heterocycles. The number of rotatable bonds is 8. The Hall–Kier alpha value is -2.11. The lowest BCUT2D eigenvalue weighted by atomic mass is 10.0. The molecule has 37 heavy (non-hydrogen) atoms. The average Bonchev–Trinajstić information content (AvgIpc) is 3.60. The van der Waals surface area contributed by atoms with Crippen molar-refractivity contribution in [1.82, 2.24) is 24.5 Å². The van der Waals surface area contributed by atoms with Crippen LogP contribution in [0.15, 0.2) is 29.2 Å². The first kappa shape index (κ1) is 26.5. The first-order chi connectivity index (χ1) is 18.1. The van der Waals surface area contributed by atoms with Crippen molar-refractivity contribution >= 4 is 17.0 Å². The second-order valence-electron chi connectivity index (χ2n) is 10.3. The first-order valence-electron chi connectivity index (χ1n) is 13.7. The highest BCUT2D eigenvalue weighted by Crippen LogP contribution is 2.36. The van der Waals surface area contributed by atoms with Crippen LogP contribution in [0.4, 0.5) is 0 Å². The molecular formula is C27H39N5O4S. The normalized spacial score (nSPS) is 22.4. The SMILES string of the molecule is CCc1c(C(=O)N2CCOCC2)nn([C@H]2CCCN(CCN3CCCC3)C2)c1-c1ccccc1S(=O)O. The molecule has 0 spiro atoms. The summed E-state index contributed by atoms with van der Waals surface area (Å²) in [7, 11) is 0. The molecule has 1 unspecified atom stereocenters. The molecule has 3 fully saturated rings. The van der Waals surface area contributed by atoms with Crippen molar-refractivity contribution in [2.75, 3.05) is 65.6 Å². The van der Waals surface area contributed by atoms with Gasteiger partial charge in [0.05, 0.1) is 29.8 Å². The van der Waals surface area contributed by atoms with E-state index < -0.39 is 11.1 Å². The molecule has 1 aromatic heterocycles. The van der Waals surface area contributed by atoms with Crippen molar-refractivity contribution in [3.63, 3.8) is 0 Å². The Morgan fingerprint density at radius 1 is 1.05 bits per heavy atom. The summed E-state index contributed by atoms with van der Waals surface area (Å²) in [6.07, 6.45) is 5.23. The van der Waals surface area contributed by atoms with Crippen LogP contribution in [0.3, 0.4) is 0 Å². The molecule has 202 valence electrons. The van der Waals surface area contributed by atoms with E-state index in [0.717, 1.165) is 50.3 Å². The van der Waals surface area contributed by atoms with Crippen molar-refractivity contribution in [2.45, 2.75) is 50.0 Å². The predicted molar refractivity (Wildman–Crippen MR) is 143 cm³/mol. The zero-order valence-electron chi connectivity index (χ0n) is 21.8. The van der Waals surface area contributed by atoms with Gasteiger partial charge in [0.15, 0.2) is 16.8 Å². The highest BCUT2D eigenvalue weighted by atomic mass is 32.2. The predicted octanol–water partition coefficient (Wildman–Crippen LogP) is 2.90. The Labute approximate surface area is 222 Å². The molecule has 0 saturated carbocycles. The molecule has 0 radical (unpaired) electrons. The van der Waals surface area contributed by atoms with Crippen LogP contribution >= 0.6 is 0 Å². The van der Waals surface area contributed by atoms with Crippen LogP contribution in [0.1, 0.15) is 54.7 Å². The number of carbonyl (C=O) groups excluding carboxylic acids is 1. The Morgan fingerprint density at radius 3 is 2.49 bits per heavy atom. The van der Waals surface area contributed by atoms with E-state index in [1.54, 1.807) is 12.1 Å². The Kier molecular flexibility index (Phi) is 8.71. The number of hydrogen-bond donors (Lipinski definition) is 1. The zero-order valence-corrected chi connectivity index (χ0v) is 22.6. The van der Waals surface area contributed by atoms with Crippen LogP contribution in [-0.4, -0.2) is 105 Å². The molecule has 1 amide bonds. The smallest absolute Gasteiger partial charge is 0.274 e. The van der Waals surface area contributed by atoms with Gasteiger partial charge in [-0.1, -0.05) is 25.1 Å². The van der Waals surface area contributed by atoms with Gasteiger partial charge in [0, 0.05) is 43.9 Å². The third-order valence-electron chi connectivity index (χ3n) is 7.95. The number of carbonyl (C=O) groups is 1. The summed E-state index contributed by atoms with van der Waals surface area (Å²) in [6, 6.07) is 7.33. The number of aromatic nitrogens is 2. The van der Waals surface area contributed by atoms with Crippen molar-refractivity contribution in [3.8, 4) is 11.3 Å². The number of morpholine rings is 1. The van der Waals surface area contributed by atoms with Crippen molar-refractivity contribution < 1.29 is 18.3 Å². The summed E-state index contributed by atoms with van der Waals surface area (Å²) in [5.41, 5.74) is 2.81. The highest BCUT2D eigenvalue weighted by molar-refractivity contribution is 7.79. The third kappa shape index (κ3) is 5.83. The molecule has 4 heterocycles. The number of benzene rings is 1. The molecule has 3 aliphatic rings. The van der Waals surface area contributed by atoms with Crippen LogP contribution in [0.2, 0.25) is 0 Å². The first-order valence-corrected chi connectivity index (χ1v) is 14.8. The zero-order chi connectivity index (χ0) is 25.8. The van der Waals surface area contributed by atoms with Crippen LogP contribution in [-0.2, 0) is 22.2 Å². The van der Waals surface area contributed by atoms with Gasteiger partial charge >= 0.3 is 0 Å². The number of likely N-dealkylation sites (tertiary alicyclic amines) is 2. The maximum absolute atomic E-state index is 13.7. The summed E-state index contributed by atoms with van der Waals surface area (Å²) in [5.74, 6) is -0.0792. The van der Waals surface area contributed by atoms with E-state index in [-0.39, 0.29) is 11.9 Å². The fourth-order valence-electron chi connectivity index (χ4n) is 5.98. The van der Waals surface area contributed by atoms with Gasteiger partial charge in [0.1, 0.15) is 0 Å². The molecule has 1 N–H and O–H groups in total. The fourth-order valence-corrected chi connectivity index (χ4v) is 6.53. The lowest BCUT2D eigenvalue weighted by molar-refractivity contribution is 0.0297. The molecule has 2 aromatic rings. The van der Waals surface area contributed by atoms with E-state index >= 15 is 0 Å². The van der Waals surface area contributed by atoms with Gasteiger partial charge in [-0.3, -0.25) is 14.4 Å². The van der Waals surface area contributed by atoms with E-state index in [4.69, 9.17) is 9.84 Å². The van der Waals surface area contributed by atoms with E-state index in [0.29, 0.717) is 48.9 Å². The number of ether oxygens (including phenoxy) is 1. The van der Waals surface area contributed by atoms with Gasteiger partial charge in [0.25, 0.3) is 5.91 Å². The van der Waals surface area contributed by atoms with Gasteiger partial charge in [-0.05, 0) is 57.8 Å². The van der Waals surface area contributed by atoms with E-state index in [2.05, 4.69) is 9.80 Å². The van der Waals surface area contributed by atoms with Crippen molar-refractivity contribution in [2.24, 2.45) is 0 Å².